The van der Waals surface area contributed by atoms with Crippen LogP contribution >= 0.6 is 11.3 Å². The summed E-state index contributed by atoms with van der Waals surface area (Å²) in [4.78, 5) is 32.0. The van der Waals surface area contributed by atoms with E-state index in [9.17, 15) is 9.59 Å². The first-order valence-corrected chi connectivity index (χ1v) is 13.0. The van der Waals surface area contributed by atoms with E-state index in [2.05, 4.69) is 29.7 Å². The number of fused-ring (bicyclic) bond motifs is 3. The summed E-state index contributed by atoms with van der Waals surface area (Å²) in [6.07, 6.45) is 4.20. The second-order valence-corrected chi connectivity index (χ2v) is 9.83. The molecule has 35 heavy (non-hydrogen) atoms. The maximum Gasteiger partial charge on any atom is 0.247 e. The first kappa shape index (κ1) is 23.1. The number of hydrogen-bond donors (Lipinski definition) is 0. The van der Waals surface area contributed by atoms with E-state index in [4.69, 9.17) is 0 Å². The molecule has 0 radical (unpaired) electrons. The van der Waals surface area contributed by atoms with Gasteiger partial charge in [-0.05, 0) is 47.7 Å². The van der Waals surface area contributed by atoms with Gasteiger partial charge in [-0.25, -0.2) is 0 Å². The summed E-state index contributed by atoms with van der Waals surface area (Å²) < 4.78 is 2.16. The van der Waals surface area contributed by atoms with Crippen molar-refractivity contribution in [2.45, 2.75) is 32.2 Å². The lowest BCUT2D eigenvalue weighted by molar-refractivity contribution is -0.134. The molecule has 5 rings (SSSR count). The monoisotopic (exact) mass is 483 g/mol. The standard InChI is InChI=1S/C29H29N3O2S/c1-2-3-17-30(27(33)20-23-13-10-19-35-23)21-28(34)32-25-15-8-7-14-24(25)31-18-9-16-26(31)29(32)22-11-5-4-6-12-22/h4-16,18-19,29H,2-3,17,20-21H2,1H3. The van der Waals surface area contributed by atoms with Crippen molar-refractivity contribution in [3.05, 3.63) is 107 Å². The summed E-state index contributed by atoms with van der Waals surface area (Å²) in [6, 6.07) is 25.9. The van der Waals surface area contributed by atoms with Crippen molar-refractivity contribution in [2.75, 3.05) is 18.0 Å². The molecule has 178 valence electrons. The number of hydrogen-bond acceptors (Lipinski definition) is 3. The zero-order valence-corrected chi connectivity index (χ0v) is 20.7. The van der Waals surface area contributed by atoms with E-state index in [1.54, 1.807) is 16.2 Å². The number of aromatic nitrogens is 1. The Kier molecular flexibility index (Phi) is 6.82. The van der Waals surface area contributed by atoms with Gasteiger partial charge in [-0.1, -0.05) is 61.9 Å². The van der Waals surface area contributed by atoms with Gasteiger partial charge in [0.15, 0.2) is 0 Å². The predicted molar refractivity (Wildman–Crippen MR) is 141 cm³/mol. The van der Waals surface area contributed by atoms with Crippen LogP contribution in [0, 0.1) is 0 Å². The number of unbranched alkanes of at least 4 members (excludes halogenated alkanes) is 1. The van der Waals surface area contributed by atoms with Crippen molar-refractivity contribution >= 4 is 28.8 Å². The molecule has 0 saturated carbocycles. The summed E-state index contributed by atoms with van der Waals surface area (Å²) in [5.41, 5.74) is 3.91. The molecule has 2 amide bonds. The van der Waals surface area contributed by atoms with Crippen LogP contribution in [0.5, 0.6) is 0 Å². The van der Waals surface area contributed by atoms with Gasteiger partial charge in [-0.2, -0.15) is 0 Å². The molecule has 0 spiro atoms. The second-order valence-electron chi connectivity index (χ2n) is 8.79. The van der Waals surface area contributed by atoms with E-state index in [1.807, 2.05) is 77.1 Å². The van der Waals surface area contributed by atoms with Crippen molar-refractivity contribution in [1.29, 1.82) is 0 Å². The Labute approximate surface area is 210 Å². The molecule has 3 heterocycles. The average Bonchev–Trinajstić information content (AvgIpc) is 3.58. The van der Waals surface area contributed by atoms with Gasteiger partial charge in [0.05, 0.1) is 23.5 Å². The third-order valence-electron chi connectivity index (χ3n) is 6.47. The van der Waals surface area contributed by atoms with Crippen LogP contribution in [0.4, 0.5) is 5.69 Å². The number of carbonyl (C=O) groups excluding carboxylic acids is 2. The van der Waals surface area contributed by atoms with Crippen LogP contribution in [-0.2, 0) is 16.0 Å². The van der Waals surface area contributed by atoms with Gasteiger partial charge >= 0.3 is 0 Å². The summed E-state index contributed by atoms with van der Waals surface area (Å²) in [5.74, 6) is -0.0754. The van der Waals surface area contributed by atoms with Crippen LogP contribution in [0.15, 0.2) is 90.4 Å². The molecular formula is C29H29N3O2S. The van der Waals surface area contributed by atoms with Gasteiger partial charge in [0, 0.05) is 17.6 Å². The maximum atomic E-state index is 14.1. The zero-order chi connectivity index (χ0) is 24.2. The van der Waals surface area contributed by atoms with Crippen LogP contribution in [0.25, 0.3) is 5.69 Å². The van der Waals surface area contributed by atoms with Gasteiger partial charge in [0.2, 0.25) is 11.8 Å². The summed E-state index contributed by atoms with van der Waals surface area (Å²) in [5, 5.41) is 1.98. The molecule has 5 nitrogen and oxygen atoms in total. The minimum atomic E-state index is -0.269. The number of carbonyl (C=O) groups is 2. The van der Waals surface area contributed by atoms with Gasteiger partial charge < -0.3 is 9.47 Å². The maximum absolute atomic E-state index is 14.1. The molecule has 4 aromatic rings. The minimum absolute atomic E-state index is 0.000758. The van der Waals surface area contributed by atoms with Crippen LogP contribution in [-0.4, -0.2) is 34.4 Å². The van der Waals surface area contributed by atoms with E-state index < -0.39 is 0 Å². The fourth-order valence-corrected chi connectivity index (χ4v) is 5.46. The van der Waals surface area contributed by atoms with Crippen LogP contribution in [0.1, 0.15) is 41.9 Å². The number of rotatable bonds is 8. The van der Waals surface area contributed by atoms with Gasteiger partial charge in [-0.3, -0.25) is 14.5 Å². The Hall–Kier alpha value is -3.64. The topological polar surface area (TPSA) is 45.6 Å². The number of benzene rings is 2. The average molecular weight is 484 g/mol. The van der Waals surface area contributed by atoms with Gasteiger partial charge in [0.1, 0.15) is 12.6 Å². The molecule has 2 aromatic carbocycles. The normalized spacial score (nSPS) is 14.3. The fourth-order valence-electron chi connectivity index (χ4n) is 4.77. The second kappa shape index (κ2) is 10.3. The predicted octanol–water partition coefficient (Wildman–Crippen LogP) is 5.85. The molecule has 0 saturated heterocycles. The largest absolute Gasteiger partial charge is 0.333 e. The molecule has 1 aliphatic rings. The highest BCUT2D eigenvalue weighted by atomic mass is 32.1. The first-order valence-electron chi connectivity index (χ1n) is 12.1. The lowest BCUT2D eigenvalue weighted by atomic mass is 9.97. The quantitative estimate of drug-likeness (QED) is 0.316. The molecule has 0 N–H and O–H groups in total. The highest BCUT2D eigenvalue weighted by molar-refractivity contribution is 7.10. The Morgan fingerprint density at radius 1 is 0.914 bits per heavy atom. The van der Waals surface area contributed by atoms with Crippen molar-refractivity contribution in [3.8, 4) is 5.69 Å². The summed E-state index contributed by atoms with van der Waals surface area (Å²) in [7, 11) is 0. The minimum Gasteiger partial charge on any atom is -0.333 e. The number of para-hydroxylation sites is 2. The van der Waals surface area contributed by atoms with Crippen LogP contribution < -0.4 is 4.90 Å². The summed E-state index contributed by atoms with van der Waals surface area (Å²) >= 11 is 1.58. The molecule has 0 fully saturated rings. The number of anilines is 1. The molecule has 6 heteroatoms. The fraction of sp³-hybridized carbons (Fsp3) is 0.241. The third-order valence-corrected chi connectivity index (χ3v) is 7.35. The Morgan fingerprint density at radius 2 is 1.69 bits per heavy atom. The van der Waals surface area contributed by atoms with Crippen molar-refractivity contribution in [1.82, 2.24) is 9.47 Å². The lowest BCUT2D eigenvalue weighted by Gasteiger charge is -2.39. The molecule has 2 aromatic heterocycles. The summed E-state index contributed by atoms with van der Waals surface area (Å²) in [6.45, 7) is 2.74. The lowest BCUT2D eigenvalue weighted by Crippen LogP contribution is -2.47. The Balaban J connectivity index is 1.51. The Morgan fingerprint density at radius 3 is 2.43 bits per heavy atom. The molecule has 0 aliphatic carbocycles. The number of nitrogens with zero attached hydrogens (tertiary/aromatic N) is 3. The zero-order valence-electron chi connectivity index (χ0n) is 19.8. The van der Waals surface area contributed by atoms with Crippen LogP contribution in [0.2, 0.25) is 0 Å². The molecular weight excluding hydrogens is 454 g/mol. The SMILES string of the molecule is CCCCN(CC(=O)N1c2ccccc2-n2cccc2C1c1ccccc1)C(=O)Cc1cccs1. The molecule has 1 atom stereocenters. The van der Waals surface area contributed by atoms with Crippen LogP contribution in [0.3, 0.4) is 0 Å². The van der Waals surface area contributed by atoms with Crippen molar-refractivity contribution in [3.63, 3.8) is 0 Å². The molecule has 0 bridgehead atoms. The van der Waals surface area contributed by atoms with E-state index in [0.717, 1.165) is 40.4 Å². The van der Waals surface area contributed by atoms with Gasteiger partial charge in [-0.15, -0.1) is 11.3 Å². The molecule has 1 unspecified atom stereocenters. The molecule has 1 aliphatic heterocycles. The van der Waals surface area contributed by atoms with Crippen molar-refractivity contribution < 1.29 is 9.59 Å². The smallest absolute Gasteiger partial charge is 0.247 e. The highest BCUT2D eigenvalue weighted by Gasteiger charge is 2.36. The van der Waals surface area contributed by atoms with E-state index in [1.165, 1.54) is 0 Å². The van der Waals surface area contributed by atoms with E-state index >= 15 is 0 Å². The third kappa shape index (κ3) is 4.66. The number of thiophene rings is 1. The van der Waals surface area contributed by atoms with Gasteiger partial charge in [0.25, 0.3) is 0 Å². The Bertz CT molecular complexity index is 1300. The first-order chi connectivity index (χ1) is 17.2. The number of amides is 2. The van der Waals surface area contributed by atoms with E-state index in [-0.39, 0.29) is 24.4 Å². The van der Waals surface area contributed by atoms with E-state index in [0.29, 0.717) is 13.0 Å². The van der Waals surface area contributed by atoms with Crippen molar-refractivity contribution in [2.24, 2.45) is 0 Å². The highest BCUT2D eigenvalue weighted by Crippen LogP contribution is 2.42.